The van der Waals surface area contributed by atoms with Crippen molar-refractivity contribution in [1.29, 1.82) is 0 Å². The van der Waals surface area contributed by atoms with Crippen LogP contribution in [0.1, 0.15) is 29.6 Å². The van der Waals surface area contributed by atoms with Gasteiger partial charge in [0, 0.05) is 24.0 Å². The first kappa shape index (κ1) is 15.8. The van der Waals surface area contributed by atoms with Crippen LogP contribution in [-0.2, 0) is 0 Å². The number of benzene rings is 2. The van der Waals surface area contributed by atoms with Gasteiger partial charge in [-0.2, -0.15) is 0 Å². The molecular weight excluding hydrogens is 310 g/mol. The third-order valence-electron chi connectivity index (χ3n) is 4.65. The molecule has 2 heterocycles. The van der Waals surface area contributed by atoms with E-state index in [1.807, 2.05) is 65.7 Å². The predicted octanol–water partition coefficient (Wildman–Crippen LogP) is 4.03. The molecule has 0 radical (unpaired) electrons. The van der Waals surface area contributed by atoms with Crippen LogP contribution in [0.4, 0.5) is 0 Å². The van der Waals surface area contributed by atoms with Crippen LogP contribution < -0.4 is 5.43 Å². The van der Waals surface area contributed by atoms with Gasteiger partial charge in [-0.15, -0.1) is 0 Å². The number of hydrogen-bond acceptors (Lipinski definition) is 3. The molecule has 4 heteroatoms. The summed E-state index contributed by atoms with van der Waals surface area (Å²) in [5, 5.41) is 2.92. The Morgan fingerprint density at radius 1 is 0.920 bits per heavy atom. The molecule has 3 aromatic rings. The number of para-hydroxylation sites is 1. The summed E-state index contributed by atoms with van der Waals surface area (Å²) in [5.74, 6) is -0.0577. The number of fused-ring (bicyclic) bond motifs is 1. The summed E-state index contributed by atoms with van der Waals surface area (Å²) in [7, 11) is 0. The van der Waals surface area contributed by atoms with Gasteiger partial charge in [0.15, 0.2) is 0 Å². The fourth-order valence-corrected chi connectivity index (χ4v) is 3.33. The van der Waals surface area contributed by atoms with E-state index in [0.717, 1.165) is 48.1 Å². The lowest BCUT2D eigenvalue weighted by Crippen LogP contribution is -2.45. The Kier molecular flexibility index (Phi) is 4.44. The minimum Gasteiger partial charge on any atom is -0.285 e. The summed E-state index contributed by atoms with van der Waals surface area (Å²) < 4.78 is 0. The molecule has 1 aliphatic heterocycles. The molecule has 4 rings (SSSR count). The Labute approximate surface area is 147 Å². The highest BCUT2D eigenvalue weighted by Crippen LogP contribution is 2.25. The fraction of sp³-hybridized carbons (Fsp3) is 0.238. The average molecular weight is 331 g/mol. The molecule has 4 nitrogen and oxygen atoms in total. The van der Waals surface area contributed by atoms with E-state index in [-0.39, 0.29) is 5.91 Å². The molecule has 0 bridgehead atoms. The number of piperidine rings is 1. The Balaban J connectivity index is 1.74. The van der Waals surface area contributed by atoms with Gasteiger partial charge in [0.1, 0.15) is 0 Å². The van der Waals surface area contributed by atoms with E-state index < -0.39 is 0 Å². The van der Waals surface area contributed by atoms with Crippen LogP contribution in [0.25, 0.3) is 22.2 Å². The standard InChI is InChI=1S/C21H21N3O/c25-21(23-24-13-7-2-8-14-24)18-15-20(16-9-3-1-4-10-16)22-19-12-6-5-11-17(18)19/h1,3-6,9-12,15H,2,7-8,13-14H2,(H,23,25). The lowest BCUT2D eigenvalue weighted by molar-refractivity contribution is 0.0752. The fourth-order valence-electron chi connectivity index (χ4n) is 3.33. The minimum atomic E-state index is -0.0577. The normalized spacial score (nSPS) is 15.2. The van der Waals surface area contributed by atoms with E-state index in [1.54, 1.807) is 0 Å². The van der Waals surface area contributed by atoms with Gasteiger partial charge >= 0.3 is 0 Å². The number of hydrogen-bond donors (Lipinski definition) is 1. The maximum absolute atomic E-state index is 12.9. The van der Waals surface area contributed by atoms with Crippen molar-refractivity contribution in [2.45, 2.75) is 19.3 Å². The zero-order valence-corrected chi connectivity index (χ0v) is 14.1. The summed E-state index contributed by atoms with van der Waals surface area (Å²) in [6.45, 7) is 1.83. The van der Waals surface area contributed by atoms with E-state index in [9.17, 15) is 4.79 Å². The van der Waals surface area contributed by atoms with Crippen molar-refractivity contribution in [3.8, 4) is 11.3 Å². The number of nitrogens with one attached hydrogen (secondary N) is 1. The van der Waals surface area contributed by atoms with Gasteiger partial charge in [-0.3, -0.25) is 10.2 Å². The highest BCUT2D eigenvalue weighted by molar-refractivity contribution is 6.07. The van der Waals surface area contributed by atoms with Crippen molar-refractivity contribution in [1.82, 2.24) is 15.4 Å². The summed E-state index contributed by atoms with van der Waals surface area (Å²) >= 11 is 0. The van der Waals surface area contributed by atoms with Gasteiger partial charge in [-0.1, -0.05) is 55.0 Å². The van der Waals surface area contributed by atoms with Crippen LogP contribution in [0.2, 0.25) is 0 Å². The zero-order valence-electron chi connectivity index (χ0n) is 14.1. The molecule has 1 amide bonds. The number of aromatic nitrogens is 1. The molecule has 1 aromatic heterocycles. The first-order valence-corrected chi connectivity index (χ1v) is 8.82. The zero-order chi connectivity index (χ0) is 17.1. The molecular formula is C21H21N3O. The van der Waals surface area contributed by atoms with Crippen molar-refractivity contribution >= 4 is 16.8 Å². The quantitative estimate of drug-likeness (QED) is 0.788. The number of rotatable bonds is 3. The van der Waals surface area contributed by atoms with E-state index in [0.29, 0.717) is 5.56 Å². The van der Waals surface area contributed by atoms with E-state index >= 15 is 0 Å². The number of carbonyl (C=O) groups excluding carboxylic acids is 1. The van der Waals surface area contributed by atoms with Gasteiger partial charge < -0.3 is 0 Å². The highest BCUT2D eigenvalue weighted by atomic mass is 16.2. The summed E-state index contributed by atoms with van der Waals surface area (Å²) in [6, 6.07) is 19.7. The number of nitrogens with zero attached hydrogens (tertiary/aromatic N) is 2. The van der Waals surface area contributed by atoms with Crippen LogP contribution in [0.15, 0.2) is 60.7 Å². The smallest absolute Gasteiger partial charge is 0.266 e. The summed E-state index contributed by atoms with van der Waals surface area (Å²) in [5.41, 5.74) is 6.43. The van der Waals surface area contributed by atoms with E-state index in [4.69, 9.17) is 4.98 Å². The van der Waals surface area contributed by atoms with Crippen LogP contribution in [0.3, 0.4) is 0 Å². The second kappa shape index (κ2) is 7.03. The molecule has 1 saturated heterocycles. The van der Waals surface area contributed by atoms with Crippen molar-refractivity contribution in [2.24, 2.45) is 0 Å². The maximum atomic E-state index is 12.9. The van der Waals surface area contributed by atoms with Gasteiger partial charge in [0.25, 0.3) is 5.91 Å². The van der Waals surface area contributed by atoms with Crippen LogP contribution >= 0.6 is 0 Å². The minimum absolute atomic E-state index is 0.0577. The Morgan fingerprint density at radius 2 is 1.64 bits per heavy atom. The molecule has 0 atom stereocenters. The van der Waals surface area contributed by atoms with Crippen LogP contribution in [0, 0.1) is 0 Å². The molecule has 0 spiro atoms. The summed E-state index contributed by atoms with van der Waals surface area (Å²) in [4.78, 5) is 17.7. The van der Waals surface area contributed by atoms with E-state index in [2.05, 4.69) is 5.43 Å². The number of carbonyl (C=O) groups is 1. The third-order valence-corrected chi connectivity index (χ3v) is 4.65. The number of amides is 1. The lowest BCUT2D eigenvalue weighted by atomic mass is 10.0. The molecule has 126 valence electrons. The SMILES string of the molecule is O=C(NN1CCCCC1)c1cc(-c2ccccc2)nc2ccccc12. The lowest BCUT2D eigenvalue weighted by Gasteiger charge is -2.27. The molecule has 1 aliphatic rings. The van der Waals surface area contributed by atoms with Crippen molar-refractivity contribution in [3.63, 3.8) is 0 Å². The Hall–Kier alpha value is -2.72. The average Bonchev–Trinajstić information content (AvgIpc) is 2.68. The van der Waals surface area contributed by atoms with Crippen LogP contribution in [-0.4, -0.2) is 29.0 Å². The topological polar surface area (TPSA) is 45.2 Å². The molecule has 1 N–H and O–H groups in total. The van der Waals surface area contributed by atoms with Crippen molar-refractivity contribution in [3.05, 3.63) is 66.2 Å². The van der Waals surface area contributed by atoms with Gasteiger partial charge in [-0.25, -0.2) is 9.99 Å². The second-order valence-corrected chi connectivity index (χ2v) is 6.43. The Bertz CT molecular complexity index is 886. The molecule has 1 fully saturated rings. The van der Waals surface area contributed by atoms with Gasteiger partial charge in [0.2, 0.25) is 0 Å². The molecule has 25 heavy (non-hydrogen) atoms. The first-order valence-electron chi connectivity index (χ1n) is 8.82. The molecule has 0 aliphatic carbocycles. The van der Waals surface area contributed by atoms with Gasteiger partial charge in [0.05, 0.1) is 16.8 Å². The van der Waals surface area contributed by atoms with Crippen molar-refractivity contribution in [2.75, 3.05) is 13.1 Å². The summed E-state index contributed by atoms with van der Waals surface area (Å²) in [6.07, 6.45) is 3.50. The van der Waals surface area contributed by atoms with Crippen LogP contribution in [0.5, 0.6) is 0 Å². The Morgan fingerprint density at radius 3 is 2.44 bits per heavy atom. The van der Waals surface area contributed by atoms with Crippen molar-refractivity contribution < 1.29 is 4.79 Å². The van der Waals surface area contributed by atoms with Gasteiger partial charge in [-0.05, 0) is 25.0 Å². The second-order valence-electron chi connectivity index (χ2n) is 6.43. The monoisotopic (exact) mass is 331 g/mol. The molecule has 0 saturated carbocycles. The predicted molar refractivity (Wildman–Crippen MR) is 100 cm³/mol. The first-order chi connectivity index (χ1) is 12.3. The molecule has 0 unspecified atom stereocenters. The molecule has 2 aromatic carbocycles. The number of pyridine rings is 1. The maximum Gasteiger partial charge on any atom is 0.266 e. The number of hydrazine groups is 1. The third kappa shape index (κ3) is 3.39. The largest absolute Gasteiger partial charge is 0.285 e. The van der Waals surface area contributed by atoms with E-state index in [1.165, 1.54) is 6.42 Å². The highest BCUT2D eigenvalue weighted by Gasteiger charge is 2.17.